The van der Waals surface area contributed by atoms with Crippen LogP contribution in [-0.2, 0) is 18.3 Å². The molecule has 2 aromatic rings. The van der Waals surface area contributed by atoms with Crippen LogP contribution in [0.1, 0.15) is 18.3 Å². The zero-order valence-electron chi connectivity index (χ0n) is 12.6. The van der Waals surface area contributed by atoms with E-state index in [4.69, 9.17) is 0 Å². The molecule has 1 aromatic heterocycles. The highest BCUT2D eigenvalue weighted by atomic mass is 16.2. The summed E-state index contributed by atoms with van der Waals surface area (Å²) in [5.41, 5.74) is 1.98. The number of hydrogen-bond donors (Lipinski definition) is 2. The lowest BCUT2D eigenvalue weighted by atomic mass is 10.2. The average Bonchev–Trinajstić information content (AvgIpc) is 2.87. The largest absolute Gasteiger partial charge is 0.325 e. The van der Waals surface area contributed by atoms with Gasteiger partial charge in [0.1, 0.15) is 12.2 Å². The van der Waals surface area contributed by atoms with E-state index in [2.05, 4.69) is 20.8 Å². The van der Waals surface area contributed by atoms with E-state index in [1.807, 2.05) is 49.7 Å². The number of hydrogen-bond acceptors (Lipinski definition) is 4. The molecule has 21 heavy (non-hydrogen) atoms. The van der Waals surface area contributed by atoms with Crippen molar-refractivity contribution >= 4 is 11.6 Å². The molecule has 6 heteroatoms. The lowest BCUT2D eigenvalue weighted by Crippen LogP contribution is -2.39. The summed E-state index contributed by atoms with van der Waals surface area (Å²) in [6, 6.07) is 7.49. The maximum Gasteiger partial charge on any atom is 0.241 e. The van der Waals surface area contributed by atoms with Crippen LogP contribution in [0.3, 0.4) is 0 Å². The number of aryl methyl sites for hydroxylation is 2. The molecule has 0 bridgehead atoms. The Kier molecular flexibility index (Phi) is 5.05. The van der Waals surface area contributed by atoms with E-state index >= 15 is 0 Å². The topological polar surface area (TPSA) is 71.8 Å². The van der Waals surface area contributed by atoms with E-state index in [-0.39, 0.29) is 11.9 Å². The summed E-state index contributed by atoms with van der Waals surface area (Å²) in [5, 5.41) is 13.9. The van der Waals surface area contributed by atoms with Crippen molar-refractivity contribution in [3.8, 4) is 0 Å². The molecule has 0 aliphatic carbocycles. The van der Waals surface area contributed by atoms with Gasteiger partial charge in [0.2, 0.25) is 5.91 Å². The van der Waals surface area contributed by atoms with Gasteiger partial charge in [0.05, 0.1) is 6.04 Å². The van der Waals surface area contributed by atoms with Crippen LogP contribution in [0, 0.1) is 6.92 Å². The lowest BCUT2D eigenvalue weighted by Gasteiger charge is -2.14. The van der Waals surface area contributed by atoms with E-state index in [0.717, 1.165) is 17.9 Å². The third-order valence-corrected chi connectivity index (χ3v) is 3.32. The molecule has 1 amide bonds. The highest BCUT2D eigenvalue weighted by molar-refractivity contribution is 5.94. The van der Waals surface area contributed by atoms with Crippen molar-refractivity contribution in [1.29, 1.82) is 0 Å². The molecule has 0 fully saturated rings. The number of nitrogens with one attached hydrogen (secondary N) is 2. The summed E-state index contributed by atoms with van der Waals surface area (Å²) >= 11 is 0. The first-order chi connectivity index (χ1) is 10.1. The predicted octanol–water partition coefficient (Wildman–Crippen LogP) is 1.28. The summed E-state index contributed by atoms with van der Waals surface area (Å²) in [6.45, 7) is 4.54. The quantitative estimate of drug-likeness (QED) is 0.839. The van der Waals surface area contributed by atoms with Gasteiger partial charge in [0.15, 0.2) is 0 Å². The standard InChI is InChI=1S/C15H21N5O/c1-11-4-6-13(7-5-11)18-15(21)12(2)16-9-8-14-19-17-10-20(14)3/h4-7,10,12,16H,8-9H2,1-3H3,(H,18,21). The van der Waals surface area contributed by atoms with Gasteiger partial charge in [-0.1, -0.05) is 17.7 Å². The number of aromatic nitrogens is 3. The van der Waals surface area contributed by atoms with Crippen LogP contribution >= 0.6 is 0 Å². The molecule has 0 spiro atoms. The summed E-state index contributed by atoms with van der Waals surface area (Å²) < 4.78 is 1.87. The fourth-order valence-corrected chi connectivity index (χ4v) is 1.91. The second kappa shape index (κ2) is 6.99. The van der Waals surface area contributed by atoms with Crippen molar-refractivity contribution in [1.82, 2.24) is 20.1 Å². The Morgan fingerprint density at radius 3 is 2.67 bits per heavy atom. The molecule has 6 nitrogen and oxygen atoms in total. The van der Waals surface area contributed by atoms with Gasteiger partial charge in [-0.3, -0.25) is 4.79 Å². The molecule has 0 aliphatic heterocycles. The van der Waals surface area contributed by atoms with E-state index < -0.39 is 0 Å². The number of anilines is 1. The van der Waals surface area contributed by atoms with E-state index in [1.165, 1.54) is 5.56 Å². The number of carbonyl (C=O) groups excluding carboxylic acids is 1. The normalized spacial score (nSPS) is 12.1. The molecule has 0 radical (unpaired) electrons. The van der Waals surface area contributed by atoms with Crippen molar-refractivity contribution in [2.24, 2.45) is 7.05 Å². The maximum atomic E-state index is 12.0. The molecule has 0 saturated carbocycles. The van der Waals surface area contributed by atoms with Crippen LogP contribution in [0.5, 0.6) is 0 Å². The fraction of sp³-hybridized carbons (Fsp3) is 0.400. The van der Waals surface area contributed by atoms with Gasteiger partial charge in [-0.2, -0.15) is 0 Å². The summed E-state index contributed by atoms with van der Waals surface area (Å²) in [5.74, 6) is 0.852. The van der Waals surface area contributed by atoms with Gasteiger partial charge in [-0.25, -0.2) is 0 Å². The molecule has 1 heterocycles. The number of carbonyl (C=O) groups is 1. The number of rotatable bonds is 6. The summed E-state index contributed by atoms with van der Waals surface area (Å²) in [7, 11) is 1.91. The van der Waals surface area contributed by atoms with Crippen molar-refractivity contribution in [3.63, 3.8) is 0 Å². The van der Waals surface area contributed by atoms with Gasteiger partial charge in [-0.15, -0.1) is 10.2 Å². The van der Waals surface area contributed by atoms with Gasteiger partial charge in [0, 0.05) is 25.7 Å². The zero-order valence-corrected chi connectivity index (χ0v) is 12.6. The smallest absolute Gasteiger partial charge is 0.241 e. The predicted molar refractivity (Wildman–Crippen MR) is 82.0 cm³/mol. The Balaban J connectivity index is 1.77. The Morgan fingerprint density at radius 1 is 1.33 bits per heavy atom. The first kappa shape index (κ1) is 15.2. The second-order valence-corrected chi connectivity index (χ2v) is 5.14. The van der Waals surface area contributed by atoms with Gasteiger partial charge >= 0.3 is 0 Å². The minimum atomic E-state index is -0.264. The van der Waals surface area contributed by atoms with Crippen LogP contribution in [0.25, 0.3) is 0 Å². The molecule has 1 unspecified atom stereocenters. The van der Waals surface area contributed by atoms with Crippen molar-refractivity contribution in [2.75, 3.05) is 11.9 Å². The minimum Gasteiger partial charge on any atom is -0.325 e. The lowest BCUT2D eigenvalue weighted by molar-refractivity contribution is -0.117. The van der Waals surface area contributed by atoms with Crippen LogP contribution in [0.4, 0.5) is 5.69 Å². The third kappa shape index (κ3) is 4.39. The van der Waals surface area contributed by atoms with Crippen LogP contribution in [-0.4, -0.2) is 33.3 Å². The van der Waals surface area contributed by atoms with Gasteiger partial charge in [-0.05, 0) is 26.0 Å². The summed E-state index contributed by atoms with van der Waals surface area (Å²) in [6.07, 6.45) is 2.40. The zero-order chi connectivity index (χ0) is 15.2. The molecular weight excluding hydrogens is 266 g/mol. The molecule has 2 N–H and O–H groups in total. The Hall–Kier alpha value is -2.21. The monoisotopic (exact) mass is 287 g/mol. The number of benzene rings is 1. The first-order valence-corrected chi connectivity index (χ1v) is 7.00. The SMILES string of the molecule is Cc1ccc(NC(=O)C(C)NCCc2nncn2C)cc1. The fourth-order valence-electron chi connectivity index (χ4n) is 1.91. The highest BCUT2D eigenvalue weighted by Crippen LogP contribution is 2.08. The van der Waals surface area contributed by atoms with E-state index in [9.17, 15) is 4.79 Å². The first-order valence-electron chi connectivity index (χ1n) is 7.00. The van der Waals surface area contributed by atoms with Gasteiger partial charge < -0.3 is 15.2 Å². The molecular formula is C15H21N5O. The highest BCUT2D eigenvalue weighted by Gasteiger charge is 2.12. The van der Waals surface area contributed by atoms with Crippen molar-refractivity contribution in [3.05, 3.63) is 42.0 Å². The molecule has 0 saturated heterocycles. The summed E-state index contributed by atoms with van der Waals surface area (Å²) in [4.78, 5) is 12.0. The average molecular weight is 287 g/mol. The Labute approximate surface area is 124 Å². The molecule has 1 atom stereocenters. The Bertz CT molecular complexity index is 590. The van der Waals surface area contributed by atoms with E-state index in [1.54, 1.807) is 6.33 Å². The molecule has 2 rings (SSSR count). The number of amides is 1. The third-order valence-electron chi connectivity index (χ3n) is 3.32. The van der Waals surface area contributed by atoms with E-state index in [0.29, 0.717) is 6.54 Å². The Morgan fingerprint density at radius 2 is 2.05 bits per heavy atom. The molecule has 0 aliphatic rings. The van der Waals surface area contributed by atoms with Crippen LogP contribution in [0.15, 0.2) is 30.6 Å². The van der Waals surface area contributed by atoms with Gasteiger partial charge in [0.25, 0.3) is 0 Å². The minimum absolute atomic E-state index is 0.0446. The van der Waals surface area contributed by atoms with Crippen LogP contribution < -0.4 is 10.6 Å². The van der Waals surface area contributed by atoms with Crippen molar-refractivity contribution < 1.29 is 4.79 Å². The van der Waals surface area contributed by atoms with Crippen molar-refractivity contribution in [2.45, 2.75) is 26.3 Å². The maximum absolute atomic E-state index is 12.0. The molecule has 112 valence electrons. The van der Waals surface area contributed by atoms with Crippen LogP contribution in [0.2, 0.25) is 0 Å². The molecule has 1 aromatic carbocycles. The second-order valence-electron chi connectivity index (χ2n) is 5.14. The number of nitrogens with zero attached hydrogens (tertiary/aromatic N) is 3.